The largest absolute Gasteiger partial charge is 0.368 e. The number of rotatable bonds is 4. The SMILES string of the molecule is CCC(CC)C(=S)N1CCN(c2ccccc2)CC1. The Morgan fingerprint density at radius 1 is 1.05 bits per heavy atom. The number of piperazine rings is 1. The van der Waals surface area contributed by atoms with E-state index in [1.165, 1.54) is 10.7 Å². The van der Waals surface area contributed by atoms with Crippen LogP contribution in [0.5, 0.6) is 0 Å². The summed E-state index contributed by atoms with van der Waals surface area (Å²) in [4.78, 5) is 6.04. The fraction of sp³-hybridized carbons (Fsp3) is 0.562. The molecule has 19 heavy (non-hydrogen) atoms. The number of anilines is 1. The van der Waals surface area contributed by atoms with E-state index in [9.17, 15) is 0 Å². The van der Waals surface area contributed by atoms with Crippen molar-refractivity contribution in [3.8, 4) is 0 Å². The number of para-hydroxylation sites is 1. The molecular formula is C16H24N2S. The molecule has 1 aromatic carbocycles. The third kappa shape index (κ3) is 3.47. The molecule has 1 aliphatic heterocycles. The molecule has 1 aliphatic rings. The maximum absolute atomic E-state index is 5.66. The Balaban J connectivity index is 1.91. The van der Waals surface area contributed by atoms with E-state index in [4.69, 9.17) is 12.2 Å². The minimum Gasteiger partial charge on any atom is -0.368 e. The Morgan fingerprint density at radius 2 is 1.63 bits per heavy atom. The van der Waals surface area contributed by atoms with Gasteiger partial charge >= 0.3 is 0 Å². The van der Waals surface area contributed by atoms with Crippen molar-refractivity contribution in [1.82, 2.24) is 4.90 Å². The van der Waals surface area contributed by atoms with Gasteiger partial charge in [-0.2, -0.15) is 0 Å². The lowest BCUT2D eigenvalue weighted by atomic mass is 10.0. The first-order valence-corrected chi connectivity index (χ1v) is 7.75. The highest BCUT2D eigenvalue weighted by atomic mass is 32.1. The van der Waals surface area contributed by atoms with Crippen molar-refractivity contribution < 1.29 is 0 Å². The van der Waals surface area contributed by atoms with E-state index in [0.717, 1.165) is 39.0 Å². The molecule has 0 saturated carbocycles. The molecule has 0 atom stereocenters. The fourth-order valence-electron chi connectivity index (χ4n) is 2.72. The van der Waals surface area contributed by atoms with Crippen molar-refractivity contribution in [2.24, 2.45) is 5.92 Å². The summed E-state index contributed by atoms with van der Waals surface area (Å²) in [5.41, 5.74) is 1.33. The summed E-state index contributed by atoms with van der Waals surface area (Å²) in [5, 5.41) is 0. The van der Waals surface area contributed by atoms with Gasteiger partial charge in [-0.3, -0.25) is 0 Å². The van der Waals surface area contributed by atoms with Crippen LogP contribution in [0, 0.1) is 5.92 Å². The molecular weight excluding hydrogens is 252 g/mol. The zero-order valence-corrected chi connectivity index (χ0v) is 12.8. The van der Waals surface area contributed by atoms with Crippen LogP contribution in [0.4, 0.5) is 5.69 Å². The second-order valence-corrected chi connectivity index (χ2v) is 5.58. The molecule has 2 nitrogen and oxygen atoms in total. The van der Waals surface area contributed by atoms with Gasteiger partial charge in [0.1, 0.15) is 0 Å². The average molecular weight is 276 g/mol. The molecule has 1 aromatic rings. The van der Waals surface area contributed by atoms with Gasteiger partial charge in [0.15, 0.2) is 0 Å². The summed E-state index contributed by atoms with van der Waals surface area (Å²) >= 11 is 5.66. The maximum atomic E-state index is 5.66. The highest BCUT2D eigenvalue weighted by molar-refractivity contribution is 7.80. The quantitative estimate of drug-likeness (QED) is 0.776. The topological polar surface area (TPSA) is 6.48 Å². The molecule has 3 heteroatoms. The third-order valence-corrected chi connectivity index (χ3v) is 4.64. The molecule has 0 bridgehead atoms. The number of thiocarbonyl (C=S) groups is 1. The minimum atomic E-state index is 0.582. The number of hydrogen-bond donors (Lipinski definition) is 0. The van der Waals surface area contributed by atoms with Gasteiger partial charge in [-0.05, 0) is 25.0 Å². The second kappa shape index (κ2) is 6.90. The van der Waals surface area contributed by atoms with E-state index in [2.05, 4.69) is 54.0 Å². The average Bonchev–Trinajstić information content (AvgIpc) is 2.49. The van der Waals surface area contributed by atoms with Crippen LogP contribution < -0.4 is 4.90 Å². The zero-order chi connectivity index (χ0) is 13.7. The summed E-state index contributed by atoms with van der Waals surface area (Å²) in [7, 11) is 0. The van der Waals surface area contributed by atoms with E-state index in [1.807, 2.05) is 0 Å². The monoisotopic (exact) mass is 276 g/mol. The first kappa shape index (κ1) is 14.3. The minimum absolute atomic E-state index is 0.582. The van der Waals surface area contributed by atoms with E-state index >= 15 is 0 Å². The van der Waals surface area contributed by atoms with Crippen molar-refractivity contribution in [3.05, 3.63) is 30.3 Å². The first-order valence-electron chi connectivity index (χ1n) is 7.35. The van der Waals surface area contributed by atoms with E-state index in [1.54, 1.807) is 0 Å². The van der Waals surface area contributed by atoms with Crippen LogP contribution in [-0.4, -0.2) is 36.1 Å². The Morgan fingerprint density at radius 3 is 2.16 bits per heavy atom. The van der Waals surface area contributed by atoms with Crippen molar-refractivity contribution in [3.63, 3.8) is 0 Å². The Hall–Kier alpha value is -1.09. The van der Waals surface area contributed by atoms with E-state index in [-0.39, 0.29) is 0 Å². The summed E-state index contributed by atoms with van der Waals surface area (Å²) in [6.45, 7) is 8.74. The maximum Gasteiger partial charge on any atom is 0.0811 e. The summed E-state index contributed by atoms with van der Waals surface area (Å²) in [5.74, 6) is 0.582. The molecule has 0 aliphatic carbocycles. The normalized spacial score (nSPS) is 15.9. The smallest absolute Gasteiger partial charge is 0.0811 e. The fourth-order valence-corrected chi connectivity index (χ4v) is 3.24. The molecule has 2 rings (SSSR count). The van der Waals surface area contributed by atoms with Gasteiger partial charge in [-0.1, -0.05) is 44.3 Å². The van der Waals surface area contributed by atoms with Gasteiger partial charge in [-0.25, -0.2) is 0 Å². The molecule has 0 N–H and O–H groups in total. The van der Waals surface area contributed by atoms with Gasteiger partial charge < -0.3 is 9.80 Å². The second-order valence-electron chi connectivity index (χ2n) is 5.16. The number of nitrogens with zero attached hydrogens (tertiary/aromatic N) is 2. The first-order chi connectivity index (χ1) is 9.26. The lowest BCUT2D eigenvalue weighted by molar-refractivity contribution is 0.368. The van der Waals surface area contributed by atoms with Gasteiger partial charge in [0, 0.05) is 37.8 Å². The molecule has 104 valence electrons. The van der Waals surface area contributed by atoms with E-state index in [0.29, 0.717) is 5.92 Å². The molecule has 1 fully saturated rings. The third-order valence-electron chi connectivity index (χ3n) is 4.05. The Labute approximate surface area is 122 Å². The van der Waals surface area contributed by atoms with Gasteiger partial charge in [0.05, 0.1) is 4.99 Å². The lowest BCUT2D eigenvalue weighted by Gasteiger charge is -2.39. The zero-order valence-electron chi connectivity index (χ0n) is 12.0. The summed E-state index contributed by atoms with van der Waals surface area (Å²) in [6.07, 6.45) is 2.32. The van der Waals surface area contributed by atoms with E-state index < -0.39 is 0 Å². The predicted octanol–water partition coefficient (Wildman–Crippen LogP) is 3.57. The van der Waals surface area contributed by atoms with Crippen molar-refractivity contribution in [1.29, 1.82) is 0 Å². The van der Waals surface area contributed by atoms with Crippen LogP contribution in [0.3, 0.4) is 0 Å². The molecule has 0 amide bonds. The molecule has 0 unspecified atom stereocenters. The number of hydrogen-bond acceptors (Lipinski definition) is 2. The van der Waals surface area contributed by atoms with Gasteiger partial charge in [-0.15, -0.1) is 0 Å². The van der Waals surface area contributed by atoms with Gasteiger partial charge in [0.2, 0.25) is 0 Å². The Bertz CT molecular complexity index is 392. The van der Waals surface area contributed by atoms with Crippen molar-refractivity contribution >= 4 is 22.9 Å². The molecule has 0 spiro atoms. The molecule has 1 saturated heterocycles. The van der Waals surface area contributed by atoms with Crippen LogP contribution in [-0.2, 0) is 0 Å². The van der Waals surface area contributed by atoms with Crippen LogP contribution in [0.15, 0.2) is 30.3 Å². The lowest BCUT2D eigenvalue weighted by Crippen LogP contribution is -2.49. The van der Waals surface area contributed by atoms with Crippen molar-refractivity contribution in [2.45, 2.75) is 26.7 Å². The summed E-state index contributed by atoms with van der Waals surface area (Å²) < 4.78 is 0. The molecule has 0 radical (unpaired) electrons. The van der Waals surface area contributed by atoms with Crippen LogP contribution in [0.25, 0.3) is 0 Å². The van der Waals surface area contributed by atoms with Crippen LogP contribution >= 0.6 is 12.2 Å². The van der Waals surface area contributed by atoms with Crippen LogP contribution in [0.1, 0.15) is 26.7 Å². The standard InChI is InChI=1S/C16H24N2S/c1-3-14(4-2)16(19)18-12-10-17(11-13-18)15-8-6-5-7-9-15/h5-9,14H,3-4,10-13H2,1-2H3. The Kier molecular flexibility index (Phi) is 5.20. The molecule has 1 heterocycles. The molecule has 0 aromatic heterocycles. The van der Waals surface area contributed by atoms with Gasteiger partial charge in [0.25, 0.3) is 0 Å². The van der Waals surface area contributed by atoms with Crippen LogP contribution in [0.2, 0.25) is 0 Å². The predicted molar refractivity (Wildman–Crippen MR) is 86.9 cm³/mol. The highest BCUT2D eigenvalue weighted by Crippen LogP contribution is 2.19. The number of benzene rings is 1. The summed E-state index contributed by atoms with van der Waals surface area (Å²) in [6, 6.07) is 10.7. The highest BCUT2D eigenvalue weighted by Gasteiger charge is 2.22. The van der Waals surface area contributed by atoms with Crippen molar-refractivity contribution in [2.75, 3.05) is 31.1 Å².